The van der Waals surface area contributed by atoms with Crippen molar-refractivity contribution in [2.45, 2.75) is 19.9 Å². The van der Waals surface area contributed by atoms with Crippen LogP contribution in [0.25, 0.3) is 0 Å². The van der Waals surface area contributed by atoms with Gasteiger partial charge in [0.25, 0.3) is 0 Å². The zero-order valence-corrected chi connectivity index (χ0v) is 9.91. The molecular formula is C8H15IN2O. The Morgan fingerprint density at radius 2 is 2.08 bits per heavy atom. The summed E-state index contributed by atoms with van der Waals surface area (Å²) in [7, 11) is 2.04. The molecule has 0 unspecified atom stereocenters. The Balaban J connectivity index is 2.30. The van der Waals surface area contributed by atoms with Crippen LogP contribution in [0, 0.1) is 5.92 Å². The van der Waals surface area contributed by atoms with Gasteiger partial charge in [0.05, 0.1) is 6.04 Å². The Hall–Kier alpha value is 0.160. The van der Waals surface area contributed by atoms with Crippen LogP contribution in [0.5, 0.6) is 0 Å². The minimum Gasteiger partial charge on any atom is -0.339 e. The van der Waals surface area contributed by atoms with Crippen molar-refractivity contribution in [2.24, 2.45) is 5.92 Å². The summed E-state index contributed by atoms with van der Waals surface area (Å²) in [6, 6.07) is 0.563. The van der Waals surface area contributed by atoms with Crippen molar-refractivity contribution < 1.29 is 4.79 Å². The standard InChI is InChI=1S/C8H15IN2O/c1-6(2)8(12)11-4-7(5-11)10(3)9/h6-7H,4-5H2,1-3H3. The van der Waals surface area contributed by atoms with Crippen LogP contribution in [0.1, 0.15) is 13.8 Å². The molecule has 0 atom stereocenters. The molecule has 0 aromatic rings. The van der Waals surface area contributed by atoms with Crippen molar-refractivity contribution in [1.82, 2.24) is 8.01 Å². The topological polar surface area (TPSA) is 23.6 Å². The molecule has 4 heteroatoms. The second kappa shape index (κ2) is 3.91. The molecule has 70 valence electrons. The Morgan fingerprint density at radius 1 is 1.58 bits per heavy atom. The van der Waals surface area contributed by atoms with E-state index in [1.54, 1.807) is 0 Å². The fourth-order valence-electron chi connectivity index (χ4n) is 1.23. The van der Waals surface area contributed by atoms with Crippen LogP contribution in [-0.4, -0.2) is 40.1 Å². The van der Waals surface area contributed by atoms with Gasteiger partial charge in [0, 0.05) is 41.9 Å². The Bertz CT molecular complexity index is 176. The lowest BCUT2D eigenvalue weighted by Gasteiger charge is -2.42. The minimum atomic E-state index is 0.144. The number of likely N-dealkylation sites (N-methyl/N-ethyl adjacent to an activating group) is 1. The first-order valence-electron chi connectivity index (χ1n) is 4.19. The van der Waals surface area contributed by atoms with Crippen LogP contribution in [0.4, 0.5) is 0 Å². The van der Waals surface area contributed by atoms with Crippen molar-refractivity contribution in [3.05, 3.63) is 0 Å². The summed E-state index contributed by atoms with van der Waals surface area (Å²) >= 11 is 2.27. The van der Waals surface area contributed by atoms with E-state index in [1.165, 1.54) is 0 Å². The summed E-state index contributed by atoms with van der Waals surface area (Å²) in [5, 5.41) is 0. The van der Waals surface area contributed by atoms with Gasteiger partial charge in [0.1, 0.15) is 0 Å². The van der Waals surface area contributed by atoms with Gasteiger partial charge in [-0.05, 0) is 7.05 Å². The summed E-state index contributed by atoms with van der Waals surface area (Å²) in [6.45, 7) is 5.69. The van der Waals surface area contributed by atoms with Gasteiger partial charge in [0.2, 0.25) is 5.91 Å². The van der Waals surface area contributed by atoms with Gasteiger partial charge in [-0.2, -0.15) is 0 Å². The predicted octanol–water partition coefficient (Wildman–Crippen LogP) is 1.14. The van der Waals surface area contributed by atoms with E-state index in [1.807, 2.05) is 25.8 Å². The SMILES string of the molecule is CC(C)C(=O)N1CC(N(C)I)C1. The predicted molar refractivity (Wildman–Crippen MR) is 57.0 cm³/mol. The molecule has 0 N–H and O–H groups in total. The van der Waals surface area contributed by atoms with E-state index in [0.29, 0.717) is 6.04 Å². The molecule has 0 saturated carbocycles. The van der Waals surface area contributed by atoms with E-state index in [2.05, 4.69) is 26.0 Å². The van der Waals surface area contributed by atoms with E-state index in [0.717, 1.165) is 13.1 Å². The summed E-state index contributed by atoms with van der Waals surface area (Å²) in [6.07, 6.45) is 0. The van der Waals surface area contributed by atoms with Gasteiger partial charge in [-0.1, -0.05) is 13.8 Å². The molecule has 0 aliphatic carbocycles. The van der Waals surface area contributed by atoms with Crippen molar-refractivity contribution >= 4 is 28.8 Å². The second-order valence-corrected chi connectivity index (χ2v) is 5.10. The fourth-order valence-corrected chi connectivity index (χ4v) is 1.58. The molecule has 1 heterocycles. The first kappa shape index (κ1) is 10.2. The van der Waals surface area contributed by atoms with Crippen LogP contribution < -0.4 is 0 Å². The number of halogens is 1. The molecule has 1 rings (SSSR count). The normalized spacial score (nSPS) is 18.7. The largest absolute Gasteiger partial charge is 0.339 e. The Kier molecular flexibility index (Phi) is 3.34. The number of likely N-dealkylation sites (tertiary alicyclic amines) is 1. The fraction of sp³-hybridized carbons (Fsp3) is 0.875. The Morgan fingerprint density at radius 3 is 2.42 bits per heavy atom. The molecule has 0 aromatic heterocycles. The van der Waals surface area contributed by atoms with Gasteiger partial charge in [0.15, 0.2) is 0 Å². The zero-order valence-electron chi connectivity index (χ0n) is 7.75. The number of hydrogen-bond acceptors (Lipinski definition) is 2. The van der Waals surface area contributed by atoms with Gasteiger partial charge >= 0.3 is 0 Å². The van der Waals surface area contributed by atoms with Crippen molar-refractivity contribution in [1.29, 1.82) is 0 Å². The molecule has 1 amide bonds. The molecule has 1 aliphatic rings. The lowest BCUT2D eigenvalue weighted by Crippen LogP contribution is -2.58. The monoisotopic (exact) mass is 282 g/mol. The minimum absolute atomic E-state index is 0.144. The lowest BCUT2D eigenvalue weighted by molar-refractivity contribution is -0.140. The molecule has 3 nitrogen and oxygen atoms in total. The first-order chi connectivity index (χ1) is 5.52. The number of hydrogen-bond donors (Lipinski definition) is 0. The van der Waals surface area contributed by atoms with Crippen LogP contribution >= 0.6 is 22.9 Å². The third kappa shape index (κ3) is 2.10. The maximum atomic E-state index is 11.4. The lowest BCUT2D eigenvalue weighted by atomic mass is 10.1. The van der Waals surface area contributed by atoms with Crippen molar-refractivity contribution in [2.75, 3.05) is 20.1 Å². The quantitative estimate of drug-likeness (QED) is 0.560. The number of carbonyl (C=O) groups excluding carboxylic acids is 1. The molecule has 1 saturated heterocycles. The average Bonchev–Trinajstić information content (AvgIpc) is 1.82. The van der Waals surface area contributed by atoms with Crippen LogP contribution in [0.15, 0.2) is 0 Å². The Labute approximate surface area is 87.6 Å². The zero-order chi connectivity index (χ0) is 9.30. The number of rotatable bonds is 2. The number of carbonyl (C=O) groups is 1. The third-order valence-corrected chi connectivity index (χ3v) is 2.96. The smallest absolute Gasteiger partial charge is 0.225 e. The highest BCUT2D eigenvalue weighted by Crippen LogP contribution is 2.18. The maximum Gasteiger partial charge on any atom is 0.225 e. The van der Waals surface area contributed by atoms with Gasteiger partial charge < -0.3 is 4.90 Å². The highest BCUT2D eigenvalue weighted by Gasteiger charge is 2.33. The molecule has 0 radical (unpaired) electrons. The molecule has 1 aliphatic heterocycles. The summed E-state index contributed by atoms with van der Waals surface area (Å²) in [4.78, 5) is 13.3. The van der Waals surface area contributed by atoms with Gasteiger partial charge in [-0.25, -0.2) is 3.11 Å². The first-order valence-corrected chi connectivity index (χ1v) is 5.16. The number of nitrogens with zero attached hydrogens (tertiary/aromatic N) is 2. The second-order valence-electron chi connectivity index (χ2n) is 3.58. The van der Waals surface area contributed by atoms with E-state index >= 15 is 0 Å². The van der Waals surface area contributed by atoms with Crippen LogP contribution in [-0.2, 0) is 4.79 Å². The van der Waals surface area contributed by atoms with E-state index in [9.17, 15) is 4.79 Å². The van der Waals surface area contributed by atoms with Crippen LogP contribution in [0.3, 0.4) is 0 Å². The molecule has 0 bridgehead atoms. The molecule has 12 heavy (non-hydrogen) atoms. The number of amides is 1. The molecular weight excluding hydrogens is 267 g/mol. The van der Waals surface area contributed by atoms with Crippen molar-refractivity contribution in [3.63, 3.8) is 0 Å². The summed E-state index contributed by atoms with van der Waals surface area (Å²) in [5.41, 5.74) is 0. The van der Waals surface area contributed by atoms with Gasteiger partial charge in [-0.3, -0.25) is 4.79 Å². The molecule has 1 fully saturated rings. The van der Waals surface area contributed by atoms with E-state index in [4.69, 9.17) is 0 Å². The molecule has 0 aromatic carbocycles. The summed E-state index contributed by atoms with van der Waals surface area (Å²) < 4.78 is 2.14. The molecule has 0 spiro atoms. The van der Waals surface area contributed by atoms with Crippen LogP contribution in [0.2, 0.25) is 0 Å². The van der Waals surface area contributed by atoms with E-state index in [-0.39, 0.29) is 11.8 Å². The average molecular weight is 282 g/mol. The highest BCUT2D eigenvalue weighted by atomic mass is 127. The highest BCUT2D eigenvalue weighted by molar-refractivity contribution is 14.1. The summed E-state index contributed by atoms with van der Waals surface area (Å²) in [5.74, 6) is 0.426. The van der Waals surface area contributed by atoms with E-state index < -0.39 is 0 Å². The van der Waals surface area contributed by atoms with Gasteiger partial charge in [-0.15, -0.1) is 0 Å². The van der Waals surface area contributed by atoms with Crippen molar-refractivity contribution in [3.8, 4) is 0 Å². The maximum absolute atomic E-state index is 11.4. The third-order valence-electron chi connectivity index (χ3n) is 2.17.